The Bertz CT molecular complexity index is 435. The predicted octanol–water partition coefficient (Wildman–Crippen LogP) is -3.44. The normalized spacial score (nSPS) is 13.8. The summed E-state index contributed by atoms with van der Waals surface area (Å²) in [4.78, 5) is 18.6. The minimum atomic E-state index is -4.99. The van der Waals surface area contributed by atoms with Crippen LogP contribution in [-0.4, -0.2) is 50.2 Å². The minimum Gasteiger partial charge on any atom is -0.726 e. The van der Waals surface area contributed by atoms with Crippen LogP contribution < -0.4 is 29.6 Å². The molecule has 0 aromatic heterocycles. The first-order valence-electron chi connectivity index (χ1n) is 4.15. The van der Waals surface area contributed by atoms with Crippen LogP contribution in [0, 0.1) is 0 Å². The zero-order chi connectivity index (χ0) is 13.7. The minimum absolute atomic E-state index is 0. The van der Waals surface area contributed by atoms with Crippen molar-refractivity contribution in [3.05, 3.63) is 10.4 Å². The van der Waals surface area contributed by atoms with Crippen molar-refractivity contribution in [2.75, 3.05) is 20.8 Å². The average Bonchev–Trinajstić information content (AvgIpc) is 2.24. The van der Waals surface area contributed by atoms with Gasteiger partial charge in [-0.15, -0.1) is 0 Å². The molecule has 1 atom stereocenters. The molecule has 0 saturated carbocycles. The molecule has 0 aliphatic carbocycles. The molecule has 12 heteroatoms. The van der Waals surface area contributed by atoms with Gasteiger partial charge in [0, 0.05) is 12.0 Å². The Labute approximate surface area is 126 Å². The van der Waals surface area contributed by atoms with E-state index in [9.17, 15) is 17.8 Å². The Morgan fingerprint density at radius 2 is 2.11 bits per heavy atom. The summed E-state index contributed by atoms with van der Waals surface area (Å²) < 4.78 is 34.7. The molecule has 0 fully saturated rings. The number of hydroxylamine groups is 2. The molecule has 0 saturated heterocycles. The molecule has 18 heavy (non-hydrogen) atoms. The second-order valence-corrected chi connectivity index (χ2v) is 4.17. The third-order valence-corrected chi connectivity index (χ3v) is 2.18. The monoisotopic (exact) mass is 290 g/mol. The van der Waals surface area contributed by atoms with Crippen molar-refractivity contribution >= 4 is 16.3 Å². The third kappa shape index (κ3) is 6.52. The quantitative estimate of drug-likeness (QED) is 0.0946. The molecule has 0 aromatic rings. The summed E-state index contributed by atoms with van der Waals surface area (Å²) in [6.07, 6.45) is 0. The summed E-state index contributed by atoms with van der Waals surface area (Å²) in [7, 11) is -2.58. The van der Waals surface area contributed by atoms with Crippen molar-refractivity contribution in [2.45, 2.75) is 12.5 Å². The second-order valence-electron chi connectivity index (χ2n) is 3.12. The first-order valence-corrected chi connectivity index (χ1v) is 5.48. The Kier molecular flexibility index (Phi) is 8.77. The van der Waals surface area contributed by atoms with E-state index in [1.54, 1.807) is 0 Å². The fourth-order valence-corrected chi connectivity index (χ4v) is 1.21. The maximum Gasteiger partial charge on any atom is 1.00 e. The Morgan fingerprint density at radius 3 is 2.44 bits per heavy atom. The van der Waals surface area contributed by atoms with Crippen molar-refractivity contribution in [3.8, 4) is 0 Å². The average molecular weight is 290 g/mol. The number of likely N-dealkylation sites (N-methyl/N-ethyl adjacent to an activating group) is 1. The molecule has 0 aliphatic heterocycles. The van der Waals surface area contributed by atoms with Crippen LogP contribution in [0.4, 0.5) is 0 Å². The van der Waals surface area contributed by atoms with Gasteiger partial charge in [0.25, 0.3) is 5.91 Å². The molecule has 0 rings (SSSR count). The number of carbonyl (C=O) groups is 1. The molecule has 0 bridgehead atoms. The molecule has 0 aromatic carbocycles. The van der Waals surface area contributed by atoms with Gasteiger partial charge in [-0.05, 0) is 12.5 Å². The molecule has 10 nitrogen and oxygen atoms in total. The van der Waals surface area contributed by atoms with Gasteiger partial charge in [-0.25, -0.2) is 13.5 Å². The Balaban J connectivity index is 0. The largest absolute Gasteiger partial charge is 1.00 e. The van der Waals surface area contributed by atoms with E-state index in [1.165, 1.54) is 14.2 Å². The Hall–Kier alpha value is -0.390. The van der Waals surface area contributed by atoms with Crippen LogP contribution in [0.3, 0.4) is 0 Å². The van der Waals surface area contributed by atoms with Crippen LogP contribution in [0.5, 0.6) is 0 Å². The molecular weight excluding hydrogens is 279 g/mol. The molecular formula is C6H11N4NaO6S. The van der Waals surface area contributed by atoms with Crippen molar-refractivity contribution in [1.82, 2.24) is 5.06 Å². The molecule has 0 unspecified atom stereocenters. The Morgan fingerprint density at radius 1 is 1.61 bits per heavy atom. The van der Waals surface area contributed by atoms with Gasteiger partial charge in [-0.2, -0.15) is 0 Å². The van der Waals surface area contributed by atoms with Crippen molar-refractivity contribution < 1.29 is 56.3 Å². The molecule has 0 aliphatic rings. The van der Waals surface area contributed by atoms with Crippen LogP contribution in [0.1, 0.15) is 6.92 Å². The molecule has 0 spiro atoms. The van der Waals surface area contributed by atoms with Gasteiger partial charge >= 0.3 is 29.6 Å². The van der Waals surface area contributed by atoms with Crippen molar-refractivity contribution in [3.63, 3.8) is 0 Å². The van der Waals surface area contributed by atoms with Gasteiger partial charge in [0.15, 0.2) is 5.54 Å². The van der Waals surface area contributed by atoms with Gasteiger partial charge in [0.2, 0.25) is 10.4 Å². The van der Waals surface area contributed by atoms with Crippen molar-refractivity contribution in [2.24, 2.45) is 5.11 Å². The third-order valence-electron chi connectivity index (χ3n) is 1.77. The number of azide groups is 1. The standard InChI is InChI=1S/C6H12N4O6S.Na/c1-6(8-9-7,4-16-17(12,13)14)5(11)10(2)15-3;/h4H2,1-3H3,(H,12,13,14);/q;+1/p-1/t6-;/m1./s1. The van der Waals surface area contributed by atoms with Crippen LogP contribution >= 0.6 is 0 Å². The van der Waals surface area contributed by atoms with E-state index in [4.69, 9.17) is 5.53 Å². The van der Waals surface area contributed by atoms with Gasteiger partial charge in [-0.3, -0.25) is 13.8 Å². The number of hydrogen-bond donors (Lipinski definition) is 0. The van der Waals surface area contributed by atoms with Crippen LogP contribution in [0.25, 0.3) is 10.4 Å². The van der Waals surface area contributed by atoms with E-state index in [2.05, 4.69) is 19.0 Å². The zero-order valence-electron chi connectivity index (χ0n) is 10.4. The summed E-state index contributed by atoms with van der Waals surface area (Å²) >= 11 is 0. The summed E-state index contributed by atoms with van der Waals surface area (Å²) in [5.74, 6) is -0.860. The van der Waals surface area contributed by atoms with E-state index in [0.717, 1.165) is 12.0 Å². The topological polar surface area (TPSA) is 145 Å². The van der Waals surface area contributed by atoms with Crippen LogP contribution in [0.15, 0.2) is 5.11 Å². The molecule has 0 heterocycles. The zero-order valence-corrected chi connectivity index (χ0v) is 13.2. The van der Waals surface area contributed by atoms with Gasteiger partial charge in [0.1, 0.15) is 0 Å². The summed E-state index contributed by atoms with van der Waals surface area (Å²) in [6, 6.07) is 0. The van der Waals surface area contributed by atoms with Crippen LogP contribution in [-0.2, 0) is 24.2 Å². The van der Waals surface area contributed by atoms with Crippen LogP contribution in [0.2, 0.25) is 0 Å². The number of carbonyl (C=O) groups excluding carboxylic acids is 1. The molecule has 1 amide bonds. The number of rotatable bonds is 6. The van der Waals surface area contributed by atoms with E-state index in [-0.39, 0.29) is 29.6 Å². The number of nitrogens with zero attached hydrogens (tertiary/aromatic N) is 4. The number of amides is 1. The summed E-state index contributed by atoms with van der Waals surface area (Å²) in [5.41, 5.74) is 6.41. The molecule has 0 radical (unpaired) electrons. The fourth-order valence-electron chi connectivity index (χ4n) is 0.841. The van der Waals surface area contributed by atoms with E-state index in [0.29, 0.717) is 0 Å². The molecule has 0 N–H and O–H groups in total. The first kappa shape index (κ1) is 19.9. The van der Waals surface area contributed by atoms with Gasteiger partial charge < -0.3 is 4.55 Å². The summed E-state index contributed by atoms with van der Waals surface area (Å²) in [5, 5.41) is 3.83. The van der Waals surface area contributed by atoms with Gasteiger partial charge in [0.05, 0.1) is 13.7 Å². The van der Waals surface area contributed by atoms with E-state index < -0.39 is 28.5 Å². The predicted molar refractivity (Wildman–Crippen MR) is 53.0 cm³/mol. The molecule has 98 valence electrons. The SMILES string of the molecule is CON(C)C(=O)[C@@](C)(COS(=O)(=O)[O-])N=[N+]=[N-].[Na+]. The maximum absolute atomic E-state index is 11.7. The van der Waals surface area contributed by atoms with E-state index >= 15 is 0 Å². The maximum atomic E-state index is 11.7. The second kappa shape index (κ2) is 7.92. The van der Waals surface area contributed by atoms with Gasteiger partial charge in [-0.1, -0.05) is 5.11 Å². The number of hydrogen-bond acceptors (Lipinski definition) is 7. The summed E-state index contributed by atoms with van der Waals surface area (Å²) in [6.45, 7) is 0.200. The van der Waals surface area contributed by atoms with E-state index in [1.807, 2.05) is 0 Å². The van der Waals surface area contributed by atoms with Crippen molar-refractivity contribution in [1.29, 1.82) is 0 Å². The first-order chi connectivity index (χ1) is 7.66. The fraction of sp³-hybridized carbons (Fsp3) is 0.833. The smallest absolute Gasteiger partial charge is 0.726 e.